The van der Waals surface area contributed by atoms with Crippen molar-refractivity contribution in [1.29, 1.82) is 0 Å². The van der Waals surface area contributed by atoms with Gasteiger partial charge in [-0.15, -0.1) is 0 Å². The number of hydrogen-bond donors (Lipinski definition) is 3. The molecule has 9 atom stereocenters. The van der Waals surface area contributed by atoms with Gasteiger partial charge >= 0.3 is 0 Å². The van der Waals surface area contributed by atoms with E-state index in [9.17, 15) is 24.9 Å². The molecule has 3 saturated carbocycles. The summed E-state index contributed by atoms with van der Waals surface area (Å²) in [7, 11) is 1.59. The van der Waals surface area contributed by atoms with E-state index in [4.69, 9.17) is 14.2 Å². The van der Waals surface area contributed by atoms with Gasteiger partial charge in [0.1, 0.15) is 12.4 Å². The number of hydrogen-bond acceptors (Lipinski definition) is 8. The van der Waals surface area contributed by atoms with Gasteiger partial charge in [0.15, 0.2) is 23.5 Å². The second-order valence-electron chi connectivity index (χ2n) is 14.1. The molecule has 1 aliphatic heterocycles. The van der Waals surface area contributed by atoms with Gasteiger partial charge in [0.05, 0.1) is 25.9 Å². The number of carbonyl (C=O) groups is 2. The monoisotopic (exact) mass is 614 g/mol. The summed E-state index contributed by atoms with van der Waals surface area (Å²) in [6, 6.07) is 13.7. The molecule has 1 heterocycles. The number of aliphatic hydroxyl groups excluding tert-OH is 3. The van der Waals surface area contributed by atoms with Crippen LogP contribution in [0.3, 0.4) is 0 Å². The zero-order chi connectivity index (χ0) is 31.7. The molecular formula is C37H42O8. The van der Waals surface area contributed by atoms with Crippen molar-refractivity contribution in [2.24, 2.45) is 28.6 Å². The Bertz CT molecular complexity index is 1580. The van der Waals surface area contributed by atoms with E-state index in [2.05, 4.69) is 6.92 Å². The predicted octanol–water partition coefficient (Wildman–Crippen LogP) is 4.38. The molecule has 0 unspecified atom stereocenters. The number of Topliss-reactive ketones (excluding diaryl/α,β-unsaturated/α-hetero) is 1. The van der Waals surface area contributed by atoms with Crippen LogP contribution in [-0.2, 0) is 32.1 Å². The number of fused-ring (bicyclic) bond motifs is 7. The SMILES string of the molecule is COc1cc(Cc2ccc([C@@H]3O[C@@H]4C[C@H]5[C@@H]6CCC7=CC(=O)C=C[C@]7(C)[C@H]6[C@@H](O)C[C@]5(C)[C@]4(C(=O)CO)O3)cc2)ccc1CO. The standard InChI is InChI=1S/C37H42O8/c1-35-13-12-26(40)16-25(35)10-11-27-28-17-32-37(31(42)20-39,36(28,2)18-29(41)33(27)35)45-34(44-32)23-7-4-21(5-8-23)14-22-6-9-24(19-38)30(15-22)43-3/h4-9,12-13,15-16,27-29,32-34,38-39,41H,10-11,14,17-20H2,1-3H3/t27-,28-,29-,32+,33+,34+,35-,36-,37+/m0/s1. The van der Waals surface area contributed by atoms with Crippen LogP contribution >= 0.6 is 0 Å². The van der Waals surface area contributed by atoms with Gasteiger partial charge in [-0.1, -0.05) is 61.9 Å². The van der Waals surface area contributed by atoms with Gasteiger partial charge in [-0.05, 0) is 73.3 Å². The number of aliphatic hydroxyl groups is 3. The number of carbonyl (C=O) groups excluding carboxylic acids is 2. The molecule has 2 aromatic rings. The molecule has 0 bridgehead atoms. The number of ketones is 2. The lowest BCUT2D eigenvalue weighted by atomic mass is 9.46. The molecule has 8 nitrogen and oxygen atoms in total. The number of benzene rings is 2. The number of ether oxygens (including phenoxy) is 3. The molecular weight excluding hydrogens is 572 g/mol. The average Bonchev–Trinajstić information content (AvgIpc) is 3.54. The van der Waals surface area contributed by atoms with Crippen molar-refractivity contribution in [3.63, 3.8) is 0 Å². The third-order valence-corrected chi connectivity index (χ3v) is 12.0. The van der Waals surface area contributed by atoms with Crippen molar-refractivity contribution in [3.8, 4) is 5.75 Å². The van der Waals surface area contributed by atoms with Crippen LogP contribution in [0.4, 0.5) is 0 Å². The summed E-state index contributed by atoms with van der Waals surface area (Å²) in [4.78, 5) is 26.0. The molecule has 3 N–H and O–H groups in total. The molecule has 7 rings (SSSR count). The van der Waals surface area contributed by atoms with Crippen LogP contribution in [0.2, 0.25) is 0 Å². The molecule has 0 aromatic heterocycles. The first-order valence-electron chi connectivity index (χ1n) is 16.0. The van der Waals surface area contributed by atoms with Crippen LogP contribution in [0.5, 0.6) is 5.75 Å². The molecule has 5 aliphatic rings. The summed E-state index contributed by atoms with van der Waals surface area (Å²) in [6.45, 7) is 3.43. The highest BCUT2D eigenvalue weighted by molar-refractivity contribution is 6.01. The third-order valence-electron chi connectivity index (χ3n) is 12.0. The van der Waals surface area contributed by atoms with Crippen LogP contribution < -0.4 is 4.74 Å². The molecule has 0 radical (unpaired) electrons. The highest BCUT2D eigenvalue weighted by atomic mass is 16.7. The van der Waals surface area contributed by atoms with Gasteiger partial charge in [-0.25, -0.2) is 0 Å². The summed E-state index contributed by atoms with van der Waals surface area (Å²) in [5.41, 5.74) is 2.20. The highest BCUT2D eigenvalue weighted by Gasteiger charge is 2.75. The Balaban J connectivity index is 1.15. The van der Waals surface area contributed by atoms with E-state index < -0.39 is 47.3 Å². The van der Waals surface area contributed by atoms with E-state index in [1.807, 2.05) is 55.5 Å². The van der Waals surface area contributed by atoms with Crippen LogP contribution in [-0.4, -0.2) is 58.4 Å². The van der Waals surface area contributed by atoms with Crippen LogP contribution in [0, 0.1) is 28.6 Å². The van der Waals surface area contributed by atoms with E-state index in [1.165, 1.54) is 0 Å². The van der Waals surface area contributed by atoms with E-state index in [1.54, 1.807) is 19.3 Å². The summed E-state index contributed by atoms with van der Waals surface area (Å²) in [5, 5.41) is 31.6. The smallest absolute Gasteiger partial charge is 0.193 e. The van der Waals surface area contributed by atoms with Gasteiger partial charge in [-0.2, -0.15) is 0 Å². The zero-order valence-electron chi connectivity index (χ0n) is 26.1. The quantitative estimate of drug-likeness (QED) is 0.420. The minimum atomic E-state index is -1.37. The Kier molecular flexibility index (Phi) is 7.45. The zero-order valence-corrected chi connectivity index (χ0v) is 26.1. The van der Waals surface area contributed by atoms with Gasteiger partial charge in [-0.3, -0.25) is 9.59 Å². The van der Waals surface area contributed by atoms with Crippen molar-refractivity contribution < 1.29 is 39.1 Å². The molecule has 4 fully saturated rings. The maximum Gasteiger partial charge on any atom is 0.193 e. The Hall–Kier alpha value is -3.14. The Morgan fingerprint density at radius 2 is 1.84 bits per heavy atom. The molecule has 8 heteroatoms. The van der Waals surface area contributed by atoms with Crippen LogP contribution in [0.15, 0.2) is 66.3 Å². The highest BCUT2D eigenvalue weighted by Crippen LogP contribution is 2.70. The fraction of sp³-hybridized carbons (Fsp3) is 0.514. The normalized spacial score (nSPS) is 38.2. The van der Waals surface area contributed by atoms with Crippen LogP contribution in [0.1, 0.15) is 68.1 Å². The van der Waals surface area contributed by atoms with E-state index >= 15 is 0 Å². The first kappa shape index (κ1) is 30.5. The van der Waals surface area contributed by atoms with Gasteiger partial charge in [0.2, 0.25) is 0 Å². The summed E-state index contributed by atoms with van der Waals surface area (Å²) < 4.78 is 18.7. The minimum Gasteiger partial charge on any atom is -0.496 e. The molecule has 4 aliphatic carbocycles. The van der Waals surface area contributed by atoms with Crippen molar-refractivity contribution in [1.82, 2.24) is 0 Å². The summed E-state index contributed by atoms with van der Waals surface area (Å²) in [5.74, 6) is 0.338. The summed E-state index contributed by atoms with van der Waals surface area (Å²) >= 11 is 0. The van der Waals surface area contributed by atoms with E-state index in [-0.39, 0.29) is 30.1 Å². The van der Waals surface area contributed by atoms with Crippen LogP contribution in [0.25, 0.3) is 0 Å². The topological polar surface area (TPSA) is 123 Å². The maximum atomic E-state index is 13.8. The van der Waals surface area contributed by atoms with Crippen molar-refractivity contribution in [3.05, 3.63) is 88.5 Å². The van der Waals surface area contributed by atoms with Crippen molar-refractivity contribution >= 4 is 11.6 Å². The Labute approximate surface area is 263 Å². The lowest BCUT2D eigenvalue weighted by Gasteiger charge is -2.59. The number of rotatable bonds is 7. The fourth-order valence-corrected chi connectivity index (χ4v) is 9.89. The Morgan fingerprint density at radius 3 is 2.56 bits per heavy atom. The molecule has 0 amide bonds. The number of methoxy groups -OCH3 is 1. The maximum absolute atomic E-state index is 13.8. The molecule has 45 heavy (non-hydrogen) atoms. The third kappa shape index (κ3) is 4.44. The second-order valence-corrected chi connectivity index (χ2v) is 14.1. The predicted molar refractivity (Wildman–Crippen MR) is 165 cm³/mol. The van der Waals surface area contributed by atoms with Gasteiger partial charge in [0.25, 0.3) is 0 Å². The van der Waals surface area contributed by atoms with E-state index in [0.717, 1.165) is 40.7 Å². The van der Waals surface area contributed by atoms with Crippen molar-refractivity contribution in [2.45, 2.75) is 76.7 Å². The minimum absolute atomic E-state index is 0.00299. The fourth-order valence-electron chi connectivity index (χ4n) is 9.89. The molecule has 0 spiro atoms. The second kappa shape index (κ2) is 11.0. The Morgan fingerprint density at radius 1 is 1.09 bits per heavy atom. The molecule has 1 saturated heterocycles. The number of allylic oxidation sites excluding steroid dienone is 4. The van der Waals surface area contributed by atoms with Gasteiger partial charge in [0, 0.05) is 27.9 Å². The summed E-state index contributed by atoms with van der Waals surface area (Å²) in [6.07, 6.45) is 6.52. The average molecular weight is 615 g/mol. The van der Waals surface area contributed by atoms with E-state index in [0.29, 0.717) is 25.0 Å². The lowest BCUT2D eigenvalue weighted by molar-refractivity contribution is -0.201. The lowest BCUT2D eigenvalue weighted by Crippen LogP contribution is -2.63. The molecule has 238 valence electrons. The molecule has 2 aromatic carbocycles. The first-order chi connectivity index (χ1) is 21.6. The largest absolute Gasteiger partial charge is 0.496 e. The van der Waals surface area contributed by atoms with Gasteiger partial charge < -0.3 is 29.5 Å². The first-order valence-corrected chi connectivity index (χ1v) is 16.0. The van der Waals surface area contributed by atoms with Crippen molar-refractivity contribution in [2.75, 3.05) is 13.7 Å².